The molecular weight excluding hydrogens is 154 g/mol. The van der Waals surface area contributed by atoms with E-state index in [1.807, 2.05) is 13.8 Å². The van der Waals surface area contributed by atoms with Gasteiger partial charge in [-0.1, -0.05) is 5.57 Å². The Labute approximate surface area is 72.0 Å². The standard InChI is InChI=1S/C9H13NO2/c1-6(2)10-8(11)4-7(3)5-9(10)12/h4,6H,5H2,1-3H3. The normalized spacial score (nSPS) is 18.7. The lowest BCUT2D eigenvalue weighted by Gasteiger charge is -2.26. The van der Waals surface area contributed by atoms with Gasteiger partial charge in [-0.05, 0) is 20.8 Å². The molecule has 0 saturated carbocycles. The first-order valence-corrected chi connectivity index (χ1v) is 4.05. The van der Waals surface area contributed by atoms with Crippen molar-refractivity contribution in [1.82, 2.24) is 4.90 Å². The molecule has 0 aliphatic carbocycles. The predicted octanol–water partition coefficient (Wildman–Crippen LogP) is 1.10. The molecular formula is C9H13NO2. The summed E-state index contributed by atoms with van der Waals surface area (Å²) in [5.41, 5.74) is 0.849. The number of carbonyl (C=O) groups excluding carboxylic acids is 2. The highest BCUT2D eigenvalue weighted by Crippen LogP contribution is 2.14. The molecule has 0 atom stereocenters. The van der Waals surface area contributed by atoms with E-state index in [0.29, 0.717) is 6.42 Å². The maximum atomic E-state index is 11.3. The summed E-state index contributed by atoms with van der Waals surface area (Å²) in [6.07, 6.45) is 1.91. The molecule has 0 radical (unpaired) electrons. The fourth-order valence-corrected chi connectivity index (χ4v) is 1.32. The van der Waals surface area contributed by atoms with Crippen LogP contribution in [-0.2, 0) is 9.59 Å². The summed E-state index contributed by atoms with van der Waals surface area (Å²) in [5, 5.41) is 0. The Morgan fingerprint density at radius 2 is 2.00 bits per heavy atom. The van der Waals surface area contributed by atoms with Gasteiger partial charge in [0, 0.05) is 18.5 Å². The van der Waals surface area contributed by atoms with Crippen LogP contribution in [0.2, 0.25) is 0 Å². The number of carbonyl (C=O) groups is 2. The molecule has 3 nitrogen and oxygen atoms in total. The monoisotopic (exact) mass is 167 g/mol. The van der Waals surface area contributed by atoms with Crippen molar-refractivity contribution in [2.24, 2.45) is 0 Å². The molecule has 12 heavy (non-hydrogen) atoms. The average Bonchev–Trinajstić information content (AvgIpc) is 1.82. The SMILES string of the molecule is CC1=CC(=O)N(C(C)C)C(=O)C1. The number of hydrogen-bond donors (Lipinski definition) is 0. The van der Waals surface area contributed by atoms with Crippen LogP contribution in [0.3, 0.4) is 0 Å². The third-order valence-electron chi connectivity index (χ3n) is 1.82. The Morgan fingerprint density at radius 1 is 1.42 bits per heavy atom. The van der Waals surface area contributed by atoms with Crippen LogP contribution in [0, 0.1) is 0 Å². The molecule has 0 aromatic heterocycles. The summed E-state index contributed by atoms with van der Waals surface area (Å²) in [7, 11) is 0. The van der Waals surface area contributed by atoms with Crippen molar-refractivity contribution in [2.45, 2.75) is 33.2 Å². The minimum absolute atomic E-state index is 0.0330. The molecule has 0 N–H and O–H groups in total. The summed E-state index contributed by atoms with van der Waals surface area (Å²) in [5.74, 6) is -0.270. The van der Waals surface area contributed by atoms with E-state index < -0.39 is 0 Å². The van der Waals surface area contributed by atoms with Gasteiger partial charge in [-0.2, -0.15) is 0 Å². The highest BCUT2D eigenvalue weighted by molar-refractivity contribution is 6.05. The van der Waals surface area contributed by atoms with E-state index in [1.54, 1.807) is 6.92 Å². The zero-order valence-electron chi connectivity index (χ0n) is 7.63. The number of nitrogens with zero attached hydrogens (tertiary/aromatic N) is 1. The average molecular weight is 167 g/mol. The molecule has 3 heteroatoms. The second kappa shape index (κ2) is 3.09. The summed E-state index contributed by atoms with van der Waals surface area (Å²) in [6, 6.07) is -0.0330. The highest BCUT2D eigenvalue weighted by atomic mass is 16.2. The molecule has 1 heterocycles. The van der Waals surface area contributed by atoms with E-state index in [0.717, 1.165) is 5.57 Å². The van der Waals surface area contributed by atoms with Crippen molar-refractivity contribution in [3.63, 3.8) is 0 Å². The van der Waals surface area contributed by atoms with E-state index in [-0.39, 0.29) is 17.9 Å². The molecule has 2 amide bonds. The molecule has 0 aromatic rings. The minimum atomic E-state index is -0.182. The molecule has 0 spiro atoms. The van der Waals surface area contributed by atoms with Gasteiger partial charge in [0.1, 0.15) is 0 Å². The van der Waals surface area contributed by atoms with Gasteiger partial charge in [0.05, 0.1) is 0 Å². The first-order valence-electron chi connectivity index (χ1n) is 4.05. The van der Waals surface area contributed by atoms with E-state index in [2.05, 4.69) is 0 Å². The van der Waals surface area contributed by atoms with Gasteiger partial charge >= 0.3 is 0 Å². The van der Waals surface area contributed by atoms with Gasteiger partial charge in [0.2, 0.25) is 5.91 Å². The quantitative estimate of drug-likeness (QED) is 0.548. The zero-order chi connectivity index (χ0) is 9.30. The topological polar surface area (TPSA) is 37.4 Å². The zero-order valence-corrected chi connectivity index (χ0v) is 7.63. The number of imide groups is 1. The van der Waals surface area contributed by atoms with Crippen molar-refractivity contribution in [1.29, 1.82) is 0 Å². The molecule has 0 fully saturated rings. The third-order valence-corrected chi connectivity index (χ3v) is 1.82. The van der Waals surface area contributed by atoms with Crippen LogP contribution in [-0.4, -0.2) is 22.8 Å². The number of amides is 2. The Morgan fingerprint density at radius 3 is 2.42 bits per heavy atom. The van der Waals surface area contributed by atoms with Crippen LogP contribution in [0.1, 0.15) is 27.2 Å². The predicted molar refractivity (Wildman–Crippen MR) is 45.4 cm³/mol. The Kier molecular flexibility index (Phi) is 2.31. The lowest BCUT2D eigenvalue weighted by molar-refractivity contribution is -0.144. The van der Waals surface area contributed by atoms with Crippen LogP contribution in [0.15, 0.2) is 11.6 Å². The fraction of sp³-hybridized carbons (Fsp3) is 0.556. The molecule has 0 bridgehead atoms. The van der Waals surface area contributed by atoms with Crippen molar-refractivity contribution in [3.05, 3.63) is 11.6 Å². The second-order valence-electron chi connectivity index (χ2n) is 3.36. The Hall–Kier alpha value is -1.12. The first kappa shape index (κ1) is 8.97. The van der Waals surface area contributed by atoms with Crippen molar-refractivity contribution < 1.29 is 9.59 Å². The van der Waals surface area contributed by atoms with Crippen molar-refractivity contribution >= 4 is 11.8 Å². The van der Waals surface area contributed by atoms with Crippen LogP contribution < -0.4 is 0 Å². The van der Waals surface area contributed by atoms with Gasteiger partial charge in [-0.3, -0.25) is 14.5 Å². The molecule has 0 unspecified atom stereocenters. The molecule has 1 aliphatic heterocycles. The molecule has 66 valence electrons. The van der Waals surface area contributed by atoms with Crippen molar-refractivity contribution in [2.75, 3.05) is 0 Å². The Balaban J connectivity index is 2.91. The summed E-state index contributed by atoms with van der Waals surface area (Å²) in [6.45, 7) is 5.47. The molecule has 1 rings (SSSR count). The second-order valence-corrected chi connectivity index (χ2v) is 3.36. The smallest absolute Gasteiger partial charge is 0.253 e. The highest BCUT2D eigenvalue weighted by Gasteiger charge is 2.26. The van der Waals surface area contributed by atoms with Crippen molar-refractivity contribution in [3.8, 4) is 0 Å². The summed E-state index contributed by atoms with van der Waals surface area (Å²) in [4.78, 5) is 23.9. The van der Waals surface area contributed by atoms with Crippen LogP contribution in [0.4, 0.5) is 0 Å². The third kappa shape index (κ3) is 1.55. The van der Waals surface area contributed by atoms with Gasteiger partial charge in [0.25, 0.3) is 5.91 Å². The maximum Gasteiger partial charge on any atom is 0.253 e. The molecule has 1 aliphatic rings. The minimum Gasteiger partial charge on any atom is -0.276 e. The van der Waals surface area contributed by atoms with Gasteiger partial charge in [-0.15, -0.1) is 0 Å². The van der Waals surface area contributed by atoms with Crippen LogP contribution in [0.5, 0.6) is 0 Å². The van der Waals surface area contributed by atoms with Crippen LogP contribution in [0.25, 0.3) is 0 Å². The Bertz CT molecular complexity index is 253. The van der Waals surface area contributed by atoms with Crippen LogP contribution >= 0.6 is 0 Å². The maximum absolute atomic E-state index is 11.3. The van der Waals surface area contributed by atoms with E-state index in [4.69, 9.17) is 0 Å². The lowest BCUT2D eigenvalue weighted by atomic mass is 10.1. The van der Waals surface area contributed by atoms with E-state index in [1.165, 1.54) is 11.0 Å². The molecule has 0 saturated heterocycles. The largest absolute Gasteiger partial charge is 0.276 e. The van der Waals surface area contributed by atoms with Gasteiger partial charge < -0.3 is 0 Å². The first-order chi connectivity index (χ1) is 5.52. The molecule has 0 aromatic carbocycles. The van der Waals surface area contributed by atoms with Gasteiger partial charge in [-0.25, -0.2) is 0 Å². The number of rotatable bonds is 1. The lowest BCUT2D eigenvalue weighted by Crippen LogP contribution is -2.43. The van der Waals surface area contributed by atoms with Gasteiger partial charge in [0.15, 0.2) is 0 Å². The fourth-order valence-electron chi connectivity index (χ4n) is 1.32. The van der Waals surface area contributed by atoms with E-state index in [9.17, 15) is 9.59 Å². The summed E-state index contributed by atoms with van der Waals surface area (Å²) < 4.78 is 0. The summed E-state index contributed by atoms with van der Waals surface area (Å²) >= 11 is 0. The van der Waals surface area contributed by atoms with E-state index >= 15 is 0 Å². The number of hydrogen-bond acceptors (Lipinski definition) is 2.